The SMILES string of the molecule is CCCS(=O)c1nnc(-c2ccccc2)n1-c1ccccc1. The molecule has 0 bridgehead atoms. The Hall–Kier alpha value is -2.27. The van der Waals surface area contributed by atoms with Gasteiger partial charge in [-0.1, -0.05) is 55.5 Å². The van der Waals surface area contributed by atoms with E-state index >= 15 is 0 Å². The second kappa shape index (κ2) is 6.66. The Morgan fingerprint density at radius 1 is 0.955 bits per heavy atom. The molecule has 3 aromatic rings. The Labute approximate surface area is 132 Å². The van der Waals surface area contributed by atoms with Crippen molar-refractivity contribution in [2.45, 2.75) is 18.5 Å². The number of aromatic nitrogens is 3. The van der Waals surface area contributed by atoms with Crippen molar-refractivity contribution in [3.63, 3.8) is 0 Å². The second-order valence-electron chi connectivity index (χ2n) is 4.89. The van der Waals surface area contributed by atoms with Gasteiger partial charge in [-0.3, -0.25) is 8.78 Å². The molecule has 1 heterocycles. The zero-order valence-corrected chi connectivity index (χ0v) is 13.2. The molecule has 0 fully saturated rings. The molecule has 0 aliphatic rings. The van der Waals surface area contributed by atoms with Crippen molar-refractivity contribution in [1.82, 2.24) is 14.8 Å². The summed E-state index contributed by atoms with van der Waals surface area (Å²) in [5, 5.41) is 8.99. The molecule has 0 saturated heterocycles. The fourth-order valence-electron chi connectivity index (χ4n) is 2.28. The number of rotatable bonds is 5. The highest BCUT2D eigenvalue weighted by Crippen LogP contribution is 2.24. The van der Waals surface area contributed by atoms with Crippen molar-refractivity contribution < 1.29 is 4.21 Å². The first-order valence-electron chi connectivity index (χ1n) is 7.26. The third kappa shape index (κ3) is 2.85. The zero-order valence-electron chi connectivity index (χ0n) is 12.3. The van der Waals surface area contributed by atoms with Crippen LogP contribution < -0.4 is 0 Å². The fourth-order valence-corrected chi connectivity index (χ4v) is 3.36. The average molecular weight is 311 g/mol. The monoisotopic (exact) mass is 311 g/mol. The maximum absolute atomic E-state index is 12.5. The normalized spacial score (nSPS) is 12.2. The van der Waals surface area contributed by atoms with Crippen LogP contribution in [0.5, 0.6) is 0 Å². The lowest BCUT2D eigenvalue weighted by molar-refractivity contribution is 0.670. The summed E-state index contributed by atoms with van der Waals surface area (Å²) in [6.45, 7) is 2.01. The molecular formula is C17H17N3OS. The standard InChI is InChI=1S/C17H17N3OS/c1-2-13-22(21)17-19-18-16(14-9-5-3-6-10-14)20(17)15-11-7-4-8-12-15/h3-12H,2,13H2,1H3. The van der Waals surface area contributed by atoms with E-state index in [9.17, 15) is 4.21 Å². The van der Waals surface area contributed by atoms with Gasteiger partial charge in [0.15, 0.2) is 5.82 Å². The topological polar surface area (TPSA) is 47.8 Å². The van der Waals surface area contributed by atoms with E-state index < -0.39 is 10.8 Å². The highest BCUT2D eigenvalue weighted by molar-refractivity contribution is 7.84. The lowest BCUT2D eigenvalue weighted by Gasteiger charge is -2.10. The molecule has 5 heteroatoms. The van der Waals surface area contributed by atoms with Crippen molar-refractivity contribution in [2.24, 2.45) is 0 Å². The Balaban J connectivity index is 2.18. The van der Waals surface area contributed by atoms with E-state index in [2.05, 4.69) is 10.2 Å². The maximum atomic E-state index is 12.5. The van der Waals surface area contributed by atoms with Gasteiger partial charge in [-0.2, -0.15) is 0 Å². The van der Waals surface area contributed by atoms with Gasteiger partial charge in [-0.25, -0.2) is 0 Å². The summed E-state index contributed by atoms with van der Waals surface area (Å²) in [6.07, 6.45) is 0.842. The zero-order chi connectivity index (χ0) is 15.4. The Morgan fingerprint density at radius 2 is 1.59 bits per heavy atom. The summed E-state index contributed by atoms with van der Waals surface area (Å²) >= 11 is 0. The highest BCUT2D eigenvalue weighted by Gasteiger charge is 2.19. The lowest BCUT2D eigenvalue weighted by atomic mass is 10.2. The average Bonchev–Trinajstić information content (AvgIpc) is 3.02. The number of hydrogen-bond donors (Lipinski definition) is 0. The summed E-state index contributed by atoms with van der Waals surface area (Å²) < 4.78 is 14.4. The molecule has 2 aromatic carbocycles. The summed E-state index contributed by atoms with van der Waals surface area (Å²) in [4.78, 5) is 0. The third-order valence-electron chi connectivity index (χ3n) is 3.27. The molecule has 0 aliphatic heterocycles. The van der Waals surface area contributed by atoms with E-state index in [1.807, 2.05) is 72.2 Å². The smallest absolute Gasteiger partial charge is 0.226 e. The molecule has 4 nitrogen and oxygen atoms in total. The van der Waals surface area contributed by atoms with Crippen LogP contribution in [0, 0.1) is 0 Å². The van der Waals surface area contributed by atoms with Crippen molar-refractivity contribution in [3.8, 4) is 17.1 Å². The number of para-hydroxylation sites is 1. The van der Waals surface area contributed by atoms with Crippen molar-refractivity contribution in [1.29, 1.82) is 0 Å². The van der Waals surface area contributed by atoms with E-state index in [0.717, 1.165) is 17.7 Å². The van der Waals surface area contributed by atoms with E-state index in [1.54, 1.807) is 0 Å². The molecule has 1 aromatic heterocycles. The molecular weight excluding hydrogens is 294 g/mol. The molecule has 1 unspecified atom stereocenters. The van der Waals surface area contributed by atoms with E-state index in [-0.39, 0.29) is 0 Å². The van der Waals surface area contributed by atoms with Gasteiger partial charge in [0.05, 0.1) is 10.8 Å². The maximum Gasteiger partial charge on any atom is 0.226 e. The van der Waals surface area contributed by atoms with E-state index in [4.69, 9.17) is 0 Å². The quantitative estimate of drug-likeness (QED) is 0.725. The molecule has 1 atom stereocenters. The Kier molecular flexibility index (Phi) is 4.44. The minimum absolute atomic E-state index is 0.506. The van der Waals surface area contributed by atoms with Gasteiger partial charge >= 0.3 is 0 Å². The van der Waals surface area contributed by atoms with Crippen LogP contribution in [0.25, 0.3) is 17.1 Å². The van der Waals surface area contributed by atoms with E-state index in [1.165, 1.54) is 0 Å². The van der Waals surface area contributed by atoms with Gasteiger partial charge in [0.25, 0.3) is 0 Å². The van der Waals surface area contributed by atoms with Crippen molar-refractivity contribution in [2.75, 3.05) is 5.75 Å². The van der Waals surface area contributed by atoms with Gasteiger partial charge in [0.1, 0.15) is 0 Å². The minimum Gasteiger partial charge on any atom is -0.268 e. The molecule has 22 heavy (non-hydrogen) atoms. The summed E-state index contributed by atoms with van der Waals surface area (Å²) in [5.41, 5.74) is 1.88. The third-order valence-corrected chi connectivity index (χ3v) is 4.72. The summed E-state index contributed by atoms with van der Waals surface area (Å²) in [6, 6.07) is 19.7. The van der Waals surface area contributed by atoms with Gasteiger partial charge in [0.2, 0.25) is 5.16 Å². The van der Waals surface area contributed by atoms with Crippen molar-refractivity contribution >= 4 is 10.8 Å². The van der Waals surface area contributed by atoms with Gasteiger partial charge in [-0.15, -0.1) is 10.2 Å². The van der Waals surface area contributed by atoms with Gasteiger partial charge in [0, 0.05) is 17.0 Å². The fraction of sp³-hybridized carbons (Fsp3) is 0.176. The number of benzene rings is 2. The molecule has 0 amide bonds. The van der Waals surface area contributed by atoms with Crippen LogP contribution in [0.2, 0.25) is 0 Å². The lowest BCUT2D eigenvalue weighted by Crippen LogP contribution is -2.07. The molecule has 0 N–H and O–H groups in total. The molecule has 112 valence electrons. The first kappa shape index (κ1) is 14.7. The predicted octanol–water partition coefficient (Wildman–Crippen LogP) is 3.45. The first-order valence-corrected chi connectivity index (χ1v) is 8.57. The van der Waals surface area contributed by atoms with Crippen LogP contribution in [0.1, 0.15) is 13.3 Å². The molecule has 0 aliphatic carbocycles. The Bertz CT molecular complexity index is 769. The van der Waals surface area contributed by atoms with Crippen LogP contribution in [0.15, 0.2) is 65.8 Å². The number of hydrogen-bond acceptors (Lipinski definition) is 3. The molecule has 0 spiro atoms. The Morgan fingerprint density at radius 3 is 2.23 bits per heavy atom. The summed E-state index contributed by atoms with van der Waals surface area (Å²) in [7, 11) is -1.16. The molecule has 3 rings (SSSR count). The largest absolute Gasteiger partial charge is 0.268 e. The van der Waals surface area contributed by atoms with Crippen molar-refractivity contribution in [3.05, 3.63) is 60.7 Å². The van der Waals surface area contributed by atoms with Crippen LogP contribution in [0.3, 0.4) is 0 Å². The summed E-state index contributed by atoms with van der Waals surface area (Å²) in [5.74, 6) is 1.30. The van der Waals surface area contributed by atoms with Crippen LogP contribution in [-0.2, 0) is 10.8 Å². The second-order valence-corrected chi connectivity index (χ2v) is 6.36. The molecule has 0 radical (unpaired) electrons. The first-order chi connectivity index (χ1) is 10.8. The van der Waals surface area contributed by atoms with Gasteiger partial charge < -0.3 is 0 Å². The van der Waals surface area contributed by atoms with Crippen LogP contribution in [-0.4, -0.2) is 24.7 Å². The predicted molar refractivity (Wildman–Crippen MR) is 88.4 cm³/mol. The van der Waals surface area contributed by atoms with Crippen LogP contribution in [0.4, 0.5) is 0 Å². The van der Waals surface area contributed by atoms with Crippen LogP contribution >= 0.6 is 0 Å². The minimum atomic E-state index is -1.16. The van der Waals surface area contributed by atoms with E-state index in [0.29, 0.717) is 16.7 Å². The number of nitrogens with zero attached hydrogens (tertiary/aromatic N) is 3. The van der Waals surface area contributed by atoms with Gasteiger partial charge in [-0.05, 0) is 18.6 Å². The molecule has 0 saturated carbocycles. The highest BCUT2D eigenvalue weighted by atomic mass is 32.2.